The maximum absolute atomic E-state index is 10.7. The molecule has 2 aliphatic rings. The molecule has 0 aromatic heterocycles. The summed E-state index contributed by atoms with van der Waals surface area (Å²) in [5.41, 5.74) is 2.07. The minimum atomic E-state index is -1.61. The van der Waals surface area contributed by atoms with E-state index in [0.717, 1.165) is 30.4 Å². The summed E-state index contributed by atoms with van der Waals surface area (Å²) >= 11 is 0. The van der Waals surface area contributed by atoms with Crippen molar-refractivity contribution in [1.29, 1.82) is 0 Å². The molecule has 2 fully saturated rings. The molecule has 11 unspecified atom stereocenters. The molecule has 0 saturated carbocycles. The van der Waals surface area contributed by atoms with Crippen LogP contribution in [-0.4, -0.2) is 115 Å². The fourth-order valence-corrected chi connectivity index (χ4v) is 5.33. The highest BCUT2D eigenvalue weighted by Crippen LogP contribution is 2.28. The lowest BCUT2D eigenvalue weighted by Crippen LogP contribution is -2.61. The van der Waals surface area contributed by atoms with Crippen molar-refractivity contribution >= 4 is 0 Å². The molecule has 0 amide bonds. The van der Waals surface area contributed by atoms with E-state index < -0.39 is 67.5 Å². The second kappa shape index (κ2) is 15.6. The van der Waals surface area contributed by atoms with E-state index in [4.69, 9.17) is 18.9 Å². The van der Waals surface area contributed by atoms with Crippen molar-refractivity contribution in [3.05, 3.63) is 59.7 Å². The monoisotopic (exact) mass is 608 g/mol. The molecule has 43 heavy (non-hydrogen) atoms. The zero-order chi connectivity index (χ0) is 31.1. The van der Waals surface area contributed by atoms with Crippen LogP contribution in [0.5, 0.6) is 11.5 Å². The molecular formula is C31H44O12. The van der Waals surface area contributed by atoms with Gasteiger partial charge in [-0.05, 0) is 74.4 Å². The number of hydrogen-bond acceptors (Lipinski definition) is 12. The highest BCUT2D eigenvalue weighted by Gasteiger charge is 2.47. The Morgan fingerprint density at radius 3 is 1.81 bits per heavy atom. The third-order valence-electron chi connectivity index (χ3n) is 8.10. The number of rotatable bonds is 13. The van der Waals surface area contributed by atoms with Crippen LogP contribution < -0.4 is 0 Å². The minimum Gasteiger partial charge on any atom is -0.508 e. The first-order valence-electron chi connectivity index (χ1n) is 14.8. The summed E-state index contributed by atoms with van der Waals surface area (Å²) in [6.45, 7) is 1.14. The van der Waals surface area contributed by atoms with Gasteiger partial charge in [-0.15, -0.1) is 0 Å². The van der Waals surface area contributed by atoms with E-state index >= 15 is 0 Å². The van der Waals surface area contributed by atoms with E-state index in [1.807, 2.05) is 24.3 Å². The first kappa shape index (κ1) is 33.5. The second-order valence-electron chi connectivity index (χ2n) is 11.4. The van der Waals surface area contributed by atoms with Gasteiger partial charge in [0.1, 0.15) is 54.2 Å². The Balaban J connectivity index is 1.37. The van der Waals surface area contributed by atoms with Gasteiger partial charge in [0.05, 0.1) is 18.8 Å². The van der Waals surface area contributed by atoms with Crippen molar-refractivity contribution in [3.8, 4) is 11.5 Å². The molecule has 11 atom stereocenters. The lowest BCUT2D eigenvalue weighted by molar-refractivity contribution is -0.333. The van der Waals surface area contributed by atoms with Crippen LogP contribution >= 0.6 is 0 Å². The van der Waals surface area contributed by atoms with Crippen LogP contribution in [0.2, 0.25) is 0 Å². The third-order valence-corrected chi connectivity index (χ3v) is 8.10. The molecule has 12 heteroatoms. The number of hydrogen-bond donors (Lipinski definition) is 8. The van der Waals surface area contributed by atoms with Gasteiger partial charge in [0.15, 0.2) is 12.6 Å². The Morgan fingerprint density at radius 2 is 1.19 bits per heavy atom. The van der Waals surface area contributed by atoms with E-state index in [0.29, 0.717) is 19.3 Å². The molecule has 240 valence electrons. The molecule has 0 aliphatic carbocycles. The summed E-state index contributed by atoms with van der Waals surface area (Å²) in [6, 6.07) is 13.9. The molecule has 2 heterocycles. The van der Waals surface area contributed by atoms with Gasteiger partial charge in [-0.25, -0.2) is 0 Å². The van der Waals surface area contributed by atoms with E-state index in [1.54, 1.807) is 24.3 Å². The van der Waals surface area contributed by atoms with Gasteiger partial charge in [-0.3, -0.25) is 0 Å². The fourth-order valence-electron chi connectivity index (χ4n) is 5.33. The number of phenolic OH excluding ortho intramolecular Hbond substituents is 2. The van der Waals surface area contributed by atoms with E-state index in [9.17, 15) is 40.9 Å². The fraction of sp³-hybridized carbons (Fsp3) is 0.613. The van der Waals surface area contributed by atoms with Crippen molar-refractivity contribution in [1.82, 2.24) is 0 Å². The van der Waals surface area contributed by atoms with E-state index in [2.05, 4.69) is 0 Å². The summed E-state index contributed by atoms with van der Waals surface area (Å²) in [5, 5.41) is 81.2. The Hall–Kier alpha value is -2.36. The molecule has 0 bridgehead atoms. The van der Waals surface area contributed by atoms with Gasteiger partial charge in [0.25, 0.3) is 0 Å². The van der Waals surface area contributed by atoms with Gasteiger partial charge >= 0.3 is 0 Å². The number of aromatic hydroxyl groups is 2. The smallest absolute Gasteiger partial charge is 0.186 e. The molecule has 2 aliphatic heterocycles. The first-order valence-corrected chi connectivity index (χ1v) is 14.8. The third kappa shape index (κ3) is 9.08. The number of aryl methyl sites for hydroxylation is 2. The number of phenols is 2. The largest absolute Gasteiger partial charge is 0.508 e. The van der Waals surface area contributed by atoms with Crippen LogP contribution in [0.4, 0.5) is 0 Å². The minimum absolute atomic E-state index is 0.164. The Kier molecular flexibility index (Phi) is 12.1. The molecule has 2 aromatic carbocycles. The van der Waals surface area contributed by atoms with Gasteiger partial charge < -0.3 is 59.8 Å². The quantitative estimate of drug-likeness (QED) is 0.147. The lowest BCUT2D eigenvalue weighted by atomic mass is 9.98. The second-order valence-corrected chi connectivity index (χ2v) is 11.4. The molecule has 8 N–H and O–H groups in total. The molecule has 2 aromatic rings. The molecule has 12 nitrogen and oxygen atoms in total. The topological polar surface area (TPSA) is 199 Å². The maximum Gasteiger partial charge on any atom is 0.186 e. The van der Waals surface area contributed by atoms with E-state index in [1.165, 1.54) is 6.92 Å². The zero-order valence-corrected chi connectivity index (χ0v) is 24.1. The number of aliphatic hydroxyl groups is 6. The number of benzene rings is 2. The van der Waals surface area contributed by atoms with Crippen molar-refractivity contribution in [2.45, 2.75) is 113 Å². The molecule has 0 spiro atoms. The highest BCUT2D eigenvalue weighted by atomic mass is 16.7. The van der Waals surface area contributed by atoms with E-state index in [-0.39, 0.29) is 18.1 Å². The molecule has 0 radical (unpaired) electrons. The summed E-state index contributed by atoms with van der Waals surface area (Å²) in [7, 11) is 0. The van der Waals surface area contributed by atoms with Gasteiger partial charge in [0.2, 0.25) is 0 Å². The standard InChI is InChI=1S/C31H44O12/c1-17-24(34)26(36)28(38)30(41-17)40-16-23-25(35)27(37)29(39)31(43-23)42-22(15-10-19-8-13-21(33)14-9-19)5-3-2-4-18-6-11-20(32)12-7-18/h6-9,11-14,17,22-39H,2-5,10,15-16H2,1H3. The summed E-state index contributed by atoms with van der Waals surface area (Å²) in [6.07, 6.45) is -9.83. The summed E-state index contributed by atoms with van der Waals surface area (Å²) in [5.74, 6) is 0.374. The maximum atomic E-state index is 10.7. The first-order chi connectivity index (χ1) is 20.5. The van der Waals surface area contributed by atoms with Crippen LogP contribution in [0, 0.1) is 0 Å². The lowest BCUT2D eigenvalue weighted by Gasteiger charge is -2.43. The number of unbranched alkanes of at least 4 members (excludes halogenated alkanes) is 1. The van der Waals surface area contributed by atoms with Gasteiger partial charge in [-0.1, -0.05) is 30.7 Å². The molecule has 2 saturated heterocycles. The van der Waals surface area contributed by atoms with Crippen LogP contribution in [0.25, 0.3) is 0 Å². The summed E-state index contributed by atoms with van der Waals surface area (Å²) < 4.78 is 23.0. The van der Waals surface area contributed by atoms with Gasteiger partial charge in [-0.2, -0.15) is 0 Å². The highest BCUT2D eigenvalue weighted by molar-refractivity contribution is 5.26. The van der Waals surface area contributed by atoms with Crippen molar-refractivity contribution < 1.29 is 59.8 Å². The Bertz CT molecular complexity index is 1100. The van der Waals surface area contributed by atoms with Crippen molar-refractivity contribution in [2.24, 2.45) is 0 Å². The number of aliphatic hydroxyl groups excluding tert-OH is 6. The van der Waals surface area contributed by atoms with Crippen LogP contribution in [0.3, 0.4) is 0 Å². The van der Waals surface area contributed by atoms with Crippen molar-refractivity contribution in [2.75, 3.05) is 6.61 Å². The predicted molar refractivity (Wildman–Crippen MR) is 152 cm³/mol. The molecular weight excluding hydrogens is 564 g/mol. The average Bonchev–Trinajstić information content (AvgIpc) is 3.00. The van der Waals surface area contributed by atoms with Crippen molar-refractivity contribution in [3.63, 3.8) is 0 Å². The molecule has 4 rings (SSSR count). The predicted octanol–water partition coefficient (Wildman–Crippen LogP) is 0.480. The Morgan fingerprint density at radius 1 is 0.628 bits per heavy atom. The van der Waals surface area contributed by atoms with Crippen LogP contribution in [0.15, 0.2) is 48.5 Å². The van der Waals surface area contributed by atoms with Crippen LogP contribution in [0.1, 0.15) is 43.7 Å². The Labute approximate surface area is 250 Å². The summed E-state index contributed by atoms with van der Waals surface area (Å²) in [4.78, 5) is 0. The number of ether oxygens (including phenoxy) is 4. The van der Waals surface area contributed by atoms with Gasteiger partial charge in [0, 0.05) is 0 Å². The average molecular weight is 609 g/mol. The van der Waals surface area contributed by atoms with Crippen LogP contribution in [-0.2, 0) is 31.8 Å². The SMILES string of the molecule is CC1OC(OCC2OC(OC(CCCCc3ccc(O)cc3)CCc3ccc(O)cc3)C(O)C(O)C2O)C(O)C(O)C1O. The zero-order valence-electron chi connectivity index (χ0n) is 24.1. The normalized spacial score (nSPS) is 33.7.